The fourth-order valence-corrected chi connectivity index (χ4v) is 1.82. The lowest BCUT2D eigenvalue weighted by Crippen LogP contribution is -2.32. The standard InChI is InChI=1S/C14H22N2O/c1-3-9-16(10-4-2)14(17)13-7-5-12(11-15)6-8-13/h5-8H,3-4,9-11,15H2,1-2H3. The van der Waals surface area contributed by atoms with Gasteiger partial charge in [0, 0.05) is 25.2 Å². The van der Waals surface area contributed by atoms with Crippen molar-refractivity contribution >= 4 is 5.91 Å². The Kier molecular flexibility index (Phi) is 5.70. The van der Waals surface area contributed by atoms with Gasteiger partial charge in [-0.3, -0.25) is 4.79 Å². The summed E-state index contributed by atoms with van der Waals surface area (Å²) in [7, 11) is 0. The van der Waals surface area contributed by atoms with E-state index in [1.807, 2.05) is 29.2 Å². The summed E-state index contributed by atoms with van der Waals surface area (Å²) in [6, 6.07) is 7.57. The van der Waals surface area contributed by atoms with Crippen LogP contribution in [0.5, 0.6) is 0 Å². The molecule has 1 amide bonds. The fourth-order valence-electron chi connectivity index (χ4n) is 1.82. The summed E-state index contributed by atoms with van der Waals surface area (Å²) in [5, 5.41) is 0. The Morgan fingerprint density at radius 1 is 1.12 bits per heavy atom. The lowest BCUT2D eigenvalue weighted by atomic mass is 10.1. The normalized spacial score (nSPS) is 10.3. The van der Waals surface area contributed by atoms with E-state index in [2.05, 4.69) is 13.8 Å². The van der Waals surface area contributed by atoms with Crippen molar-refractivity contribution in [1.29, 1.82) is 0 Å². The maximum atomic E-state index is 12.2. The van der Waals surface area contributed by atoms with Gasteiger partial charge in [-0.05, 0) is 30.5 Å². The molecule has 2 N–H and O–H groups in total. The van der Waals surface area contributed by atoms with E-state index in [-0.39, 0.29) is 5.91 Å². The van der Waals surface area contributed by atoms with Crippen molar-refractivity contribution in [2.75, 3.05) is 13.1 Å². The van der Waals surface area contributed by atoms with Crippen LogP contribution in [0.3, 0.4) is 0 Å². The molecule has 1 rings (SSSR count). The molecule has 3 heteroatoms. The lowest BCUT2D eigenvalue weighted by Gasteiger charge is -2.21. The lowest BCUT2D eigenvalue weighted by molar-refractivity contribution is 0.0755. The molecule has 0 atom stereocenters. The van der Waals surface area contributed by atoms with E-state index in [0.717, 1.165) is 37.1 Å². The minimum absolute atomic E-state index is 0.122. The predicted molar refractivity (Wildman–Crippen MR) is 70.8 cm³/mol. The van der Waals surface area contributed by atoms with Crippen molar-refractivity contribution in [1.82, 2.24) is 4.90 Å². The summed E-state index contributed by atoms with van der Waals surface area (Å²) in [4.78, 5) is 14.1. The van der Waals surface area contributed by atoms with Crippen LogP contribution in [-0.4, -0.2) is 23.9 Å². The number of hydrogen-bond donors (Lipinski definition) is 1. The summed E-state index contributed by atoms with van der Waals surface area (Å²) in [5.74, 6) is 0.122. The van der Waals surface area contributed by atoms with Crippen LogP contribution in [0.25, 0.3) is 0 Å². The predicted octanol–water partition coefficient (Wildman–Crippen LogP) is 2.41. The first-order chi connectivity index (χ1) is 8.22. The van der Waals surface area contributed by atoms with Gasteiger partial charge in [0.05, 0.1) is 0 Å². The number of carbonyl (C=O) groups is 1. The largest absolute Gasteiger partial charge is 0.339 e. The van der Waals surface area contributed by atoms with Crippen molar-refractivity contribution in [3.8, 4) is 0 Å². The molecule has 3 nitrogen and oxygen atoms in total. The van der Waals surface area contributed by atoms with Crippen molar-refractivity contribution in [3.05, 3.63) is 35.4 Å². The highest BCUT2D eigenvalue weighted by atomic mass is 16.2. The van der Waals surface area contributed by atoms with Crippen molar-refractivity contribution in [2.45, 2.75) is 33.2 Å². The Balaban J connectivity index is 2.77. The van der Waals surface area contributed by atoms with Crippen LogP contribution in [-0.2, 0) is 6.54 Å². The highest BCUT2D eigenvalue weighted by Gasteiger charge is 2.13. The van der Waals surface area contributed by atoms with Crippen LogP contribution in [0.2, 0.25) is 0 Å². The smallest absolute Gasteiger partial charge is 0.253 e. The second-order valence-corrected chi connectivity index (χ2v) is 4.19. The van der Waals surface area contributed by atoms with E-state index in [9.17, 15) is 4.79 Å². The minimum atomic E-state index is 0.122. The van der Waals surface area contributed by atoms with E-state index < -0.39 is 0 Å². The van der Waals surface area contributed by atoms with Crippen molar-refractivity contribution < 1.29 is 4.79 Å². The Bertz CT molecular complexity index is 340. The van der Waals surface area contributed by atoms with Gasteiger partial charge in [0.15, 0.2) is 0 Å². The van der Waals surface area contributed by atoms with Crippen LogP contribution >= 0.6 is 0 Å². The van der Waals surface area contributed by atoms with Gasteiger partial charge in [-0.1, -0.05) is 26.0 Å². The molecule has 0 unspecified atom stereocenters. The highest BCUT2D eigenvalue weighted by molar-refractivity contribution is 5.94. The molecular formula is C14H22N2O. The number of hydrogen-bond acceptors (Lipinski definition) is 2. The third-order valence-corrected chi connectivity index (χ3v) is 2.71. The van der Waals surface area contributed by atoms with E-state index in [1.54, 1.807) is 0 Å². The molecule has 0 heterocycles. The second-order valence-electron chi connectivity index (χ2n) is 4.19. The molecule has 0 saturated heterocycles. The van der Waals surface area contributed by atoms with Crippen LogP contribution in [0, 0.1) is 0 Å². The molecule has 1 aromatic carbocycles. The first-order valence-corrected chi connectivity index (χ1v) is 6.31. The minimum Gasteiger partial charge on any atom is -0.339 e. The summed E-state index contributed by atoms with van der Waals surface area (Å²) in [6.45, 7) is 6.35. The molecular weight excluding hydrogens is 212 g/mol. The van der Waals surface area contributed by atoms with Gasteiger partial charge in [-0.25, -0.2) is 0 Å². The first-order valence-electron chi connectivity index (χ1n) is 6.31. The summed E-state index contributed by atoms with van der Waals surface area (Å²) in [5.41, 5.74) is 7.34. The molecule has 0 saturated carbocycles. The number of carbonyl (C=O) groups excluding carboxylic acids is 1. The fraction of sp³-hybridized carbons (Fsp3) is 0.500. The van der Waals surface area contributed by atoms with Gasteiger partial charge in [0.1, 0.15) is 0 Å². The topological polar surface area (TPSA) is 46.3 Å². The molecule has 0 fully saturated rings. The van der Waals surface area contributed by atoms with E-state index in [1.165, 1.54) is 0 Å². The molecule has 94 valence electrons. The molecule has 0 aromatic heterocycles. The monoisotopic (exact) mass is 234 g/mol. The Hall–Kier alpha value is -1.35. The number of nitrogens with two attached hydrogens (primary N) is 1. The SMILES string of the molecule is CCCN(CCC)C(=O)c1ccc(CN)cc1. The van der Waals surface area contributed by atoms with Gasteiger partial charge < -0.3 is 10.6 Å². The van der Waals surface area contributed by atoms with Crippen LogP contribution in [0.4, 0.5) is 0 Å². The molecule has 0 spiro atoms. The van der Waals surface area contributed by atoms with Crippen molar-refractivity contribution in [2.24, 2.45) is 5.73 Å². The average Bonchev–Trinajstić information content (AvgIpc) is 2.38. The molecule has 0 aliphatic carbocycles. The Morgan fingerprint density at radius 3 is 2.06 bits per heavy atom. The Morgan fingerprint density at radius 2 is 1.65 bits per heavy atom. The van der Waals surface area contributed by atoms with Crippen LogP contribution < -0.4 is 5.73 Å². The van der Waals surface area contributed by atoms with Gasteiger partial charge in [-0.2, -0.15) is 0 Å². The molecule has 17 heavy (non-hydrogen) atoms. The first kappa shape index (κ1) is 13.7. The number of amides is 1. The van der Waals surface area contributed by atoms with E-state index in [0.29, 0.717) is 6.54 Å². The van der Waals surface area contributed by atoms with Gasteiger partial charge in [0.25, 0.3) is 5.91 Å². The molecule has 0 aliphatic rings. The maximum Gasteiger partial charge on any atom is 0.253 e. The quantitative estimate of drug-likeness (QED) is 0.821. The molecule has 1 aromatic rings. The summed E-state index contributed by atoms with van der Waals surface area (Å²) in [6.07, 6.45) is 1.99. The van der Waals surface area contributed by atoms with E-state index >= 15 is 0 Å². The number of rotatable bonds is 6. The third-order valence-electron chi connectivity index (χ3n) is 2.71. The Labute approximate surface area is 104 Å². The zero-order valence-corrected chi connectivity index (χ0v) is 10.8. The van der Waals surface area contributed by atoms with Gasteiger partial charge >= 0.3 is 0 Å². The summed E-state index contributed by atoms with van der Waals surface area (Å²) >= 11 is 0. The number of nitrogens with zero attached hydrogens (tertiary/aromatic N) is 1. The van der Waals surface area contributed by atoms with Crippen LogP contribution in [0.15, 0.2) is 24.3 Å². The van der Waals surface area contributed by atoms with Crippen LogP contribution in [0.1, 0.15) is 42.6 Å². The highest BCUT2D eigenvalue weighted by Crippen LogP contribution is 2.08. The molecule has 0 radical (unpaired) electrons. The van der Waals surface area contributed by atoms with Crippen molar-refractivity contribution in [3.63, 3.8) is 0 Å². The third kappa shape index (κ3) is 3.86. The summed E-state index contributed by atoms with van der Waals surface area (Å²) < 4.78 is 0. The molecule has 0 aliphatic heterocycles. The van der Waals surface area contributed by atoms with Gasteiger partial charge in [0.2, 0.25) is 0 Å². The van der Waals surface area contributed by atoms with E-state index in [4.69, 9.17) is 5.73 Å². The average molecular weight is 234 g/mol. The zero-order chi connectivity index (χ0) is 12.7. The second kappa shape index (κ2) is 7.07. The zero-order valence-electron chi connectivity index (χ0n) is 10.8. The van der Waals surface area contributed by atoms with Gasteiger partial charge in [-0.15, -0.1) is 0 Å². The maximum absolute atomic E-state index is 12.2. The molecule has 0 bridgehead atoms. The number of benzene rings is 1.